The van der Waals surface area contributed by atoms with E-state index in [4.69, 9.17) is 4.74 Å². The van der Waals surface area contributed by atoms with E-state index < -0.39 is 5.60 Å². The highest BCUT2D eigenvalue weighted by Gasteiger charge is 2.26. The van der Waals surface area contributed by atoms with E-state index in [1.54, 1.807) is 0 Å². The molecular weight excluding hydrogens is 252 g/mol. The largest absolute Gasteiger partial charge is 0.444 e. The molecule has 0 aromatic heterocycles. The Morgan fingerprint density at radius 1 is 1.30 bits per heavy atom. The van der Waals surface area contributed by atoms with Crippen molar-refractivity contribution >= 4 is 6.09 Å². The maximum atomic E-state index is 11.6. The van der Waals surface area contributed by atoms with Crippen LogP contribution in [0.25, 0.3) is 0 Å². The Kier molecular flexibility index (Phi) is 6.31. The molecule has 1 amide bonds. The summed E-state index contributed by atoms with van der Waals surface area (Å²) < 4.78 is 5.24. The SMILES string of the molecule is CC1CCC(C)C(NC(C)CNC(=O)OC(C)(C)C)C1. The van der Waals surface area contributed by atoms with E-state index >= 15 is 0 Å². The Hall–Kier alpha value is -0.770. The van der Waals surface area contributed by atoms with Crippen molar-refractivity contribution in [3.8, 4) is 0 Å². The second-order valence-corrected chi connectivity index (χ2v) is 7.45. The molecule has 1 rings (SSSR count). The third-order valence-corrected chi connectivity index (χ3v) is 3.91. The van der Waals surface area contributed by atoms with Crippen LogP contribution in [0.1, 0.15) is 60.8 Å². The van der Waals surface area contributed by atoms with Gasteiger partial charge in [0.2, 0.25) is 0 Å². The number of amides is 1. The van der Waals surface area contributed by atoms with Crippen molar-refractivity contribution < 1.29 is 9.53 Å². The van der Waals surface area contributed by atoms with E-state index in [0.29, 0.717) is 12.6 Å². The third kappa shape index (κ3) is 6.60. The molecule has 118 valence electrons. The first kappa shape index (κ1) is 17.3. The fourth-order valence-corrected chi connectivity index (χ4v) is 2.74. The molecular formula is C16H32N2O2. The molecule has 0 radical (unpaired) electrons. The van der Waals surface area contributed by atoms with Crippen LogP contribution >= 0.6 is 0 Å². The van der Waals surface area contributed by atoms with E-state index in [2.05, 4.69) is 31.4 Å². The zero-order valence-electron chi connectivity index (χ0n) is 14.0. The van der Waals surface area contributed by atoms with Gasteiger partial charge in [-0.3, -0.25) is 0 Å². The van der Waals surface area contributed by atoms with E-state index in [9.17, 15) is 4.79 Å². The molecule has 20 heavy (non-hydrogen) atoms. The standard InChI is InChI=1S/C16H32N2O2/c1-11-7-8-12(2)14(9-11)18-13(3)10-17-15(19)20-16(4,5)6/h11-14,18H,7-10H2,1-6H3,(H,17,19). The van der Waals surface area contributed by atoms with Gasteiger partial charge >= 0.3 is 6.09 Å². The molecule has 1 fully saturated rings. The highest BCUT2D eigenvalue weighted by atomic mass is 16.6. The van der Waals surface area contributed by atoms with Crippen LogP contribution in [-0.2, 0) is 4.74 Å². The summed E-state index contributed by atoms with van der Waals surface area (Å²) in [6.07, 6.45) is 3.53. The lowest BCUT2D eigenvalue weighted by Crippen LogP contribution is -2.48. The molecule has 0 spiro atoms. The number of carbonyl (C=O) groups is 1. The first-order chi connectivity index (χ1) is 9.17. The van der Waals surface area contributed by atoms with Gasteiger partial charge in [0.15, 0.2) is 0 Å². The van der Waals surface area contributed by atoms with Crippen molar-refractivity contribution in [2.24, 2.45) is 11.8 Å². The zero-order chi connectivity index (χ0) is 15.3. The van der Waals surface area contributed by atoms with Gasteiger partial charge in [-0.2, -0.15) is 0 Å². The van der Waals surface area contributed by atoms with E-state index in [0.717, 1.165) is 11.8 Å². The lowest BCUT2D eigenvalue weighted by atomic mass is 9.80. The number of carbonyl (C=O) groups excluding carboxylic acids is 1. The molecule has 4 nitrogen and oxygen atoms in total. The van der Waals surface area contributed by atoms with Crippen LogP contribution in [0.2, 0.25) is 0 Å². The fourth-order valence-electron chi connectivity index (χ4n) is 2.74. The summed E-state index contributed by atoms with van der Waals surface area (Å²) in [4.78, 5) is 11.6. The average molecular weight is 284 g/mol. The normalized spacial score (nSPS) is 28.8. The maximum Gasteiger partial charge on any atom is 0.407 e. The predicted molar refractivity (Wildman–Crippen MR) is 82.8 cm³/mol. The molecule has 0 bridgehead atoms. The topological polar surface area (TPSA) is 50.4 Å². The van der Waals surface area contributed by atoms with Crippen LogP contribution in [-0.4, -0.2) is 30.3 Å². The zero-order valence-corrected chi connectivity index (χ0v) is 14.0. The summed E-state index contributed by atoms with van der Waals surface area (Å²) in [5.74, 6) is 1.52. The summed E-state index contributed by atoms with van der Waals surface area (Å²) in [5.41, 5.74) is -0.436. The number of nitrogens with one attached hydrogen (secondary N) is 2. The summed E-state index contributed by atoms with van der Waals surface area (Å²) in [5, 5.41) is 6.48. The van der Waals surface area contributed by atoms with Gasteiger partial charge in [0, 0.05) is 18.6 Å². The maximum absolute atomic E-state index is 11.6. The summed E-state index contributed by atoms with van der Waals surface area (Å²) in [6.45, 7) is 13.0. The molecule has 1 aliphatic rings. The highest BCUT2D eigenvalue weighted by Crippen LogP contribution is 2.28. The smallest absolute Gasteiger partial charge is 0.407 e. The molecule has 0 aromatic rings. The van der Waals surface area contributed by atoms with Crippen molar-refractivity contribution in [1.29, 1.82) is 0 Å². The minimum Gasteiger partial charge on any atom is -0.444 e. The van der Waals surface area contributed by atoms with Crippen LogP contribution in [0.15, 0.2) is 0 Å². The third-order valence-electron chi connectivity index (χ3n) is 3.91. The molecule has 4 unspecified atom stereocenters. The molecule has 0 aliphatic heterocycles. The van der Waals surface area contributed by atoms with Gasteiger partial charge in [-0.25, -0.2) is 4.79 Å². The van der Waals surface area contributed by atoms with Crippen LogP contribution < -0.4 is 10.6 Å². The van der Waals surface area contributed by atoms with Gasteiger partial charge in [-0.15, -0.1) is 0 Å². The minimum atomic E-state index is -0.436. The van der Waals surface area contributed by atoms with Crippen LogP contribution in [0, 0.1) is 11.8 Å². The van der Waals surface area contributed by atoms with Crippen molar-refractivity contribution in [3.63, 3.8) is 0 Å². The Morgan fingerprint density at radius 3 is 2.55 bits per heavy atom. The predicted octanol–water partition coefficient (Wildman–Crippen LogP) is 3.31. The quantitative estimate of drug-likeness (QED) is 0.832. The Labute approximate surface area is 124 Å². The lowest BCUT2D eigenvalue weighted by Gasteiger charge is -2.35. The van der Waals surface area contributed by atoms with Crippen molar-refractivity contribution in [3.05, 3.63) is 0 Å². The molecule has 2 N–H and O–H groups in total. The molecule has 1 aliphatic carbocycles. The van der Waals surface area contributed by atoms with E-state index in [-0.39, 0.29) is 12.1 Å². The highest BCUT2D eigenvalue weighted by molar-refractivity contribution is 5.67. The molecule has 4 atom stereocenters. The van der Waals surface area contributed by atoms with Gasteiger partial charge in [0.25, 0.3) is 0 Å². The summed E-state index contributed by atoms with van der Waals surface area (Å²) in [7, 11) is 0. The molecule has 0 aromatic carbocycles. The molecule has 0 saturated heterocycles. The van der Waals surface area contributed by atoms with Crippen LogP contribution in [0.5, 0.6) is 0 Å². The van der Waals surface area contributed by atoms with E-state index in [1.165, 1.54) is 19.3 Å². The summed E-state index contributed by atoms with van der Waals surface area (Å²) >= 11 is 0. The number of alkyl carbamates (subject to hydrolysis) is 1. The van der Waals surface area contributed by atoms with Crippen molar-refractivity contribution in [1.82, 2.24) is 10.6 Å². The molecule has 4 heteroatoms. The Bertz CT molecular complexity index is 312. The van der Waals surface area contributed by atoms with Gasteiger partial charge in [-0.05, 0) is 52.4 Å². The van der Waals surface area contributed by atoms with E-state index in [1.807, 2.05) is 20.8 Å². The second-order valence-electron chi connectivity index (χ2n) is 7.45. The van der Waals surface area contributed by atoms with Crippen molar-refractivity contribution in [2.45, 2.75) is 78.5 Å². The number of hydrogen-bond acceptors (Lipinski definition) is 3. The number of ether oxygens (including phenoxy) is 1. The van der Waals surface area contributed by atoms with Crippen molar-refractivity contribution in [2.75, 3.05) is 6.54 Å². The molecule has 0 heterocycles. The Morgan fingerprint density at radius 2 is 1.95 bits per heavy atom. The van der Waals surface area contributed by atoms with Gasteiger partial charge in [0.05, 0.1) is 0 Å². The first-order valence-electron chi connectivity index (χ1n) is 7.90. The summed E-state index contributed by atoms with van der Waals surface area (Å²) in [6, 6.07) is 0.828. The average Bonchev–Trinajstić information content (AvgIpc) is 2.29. The lowest BCUT2D eigenvalue weighted by molar-refractivity contribution is 0.0521. The van der Waals surface area contributed by atoms with Gasteiger partial charge < -0.3 is 15.4 Å². The second kappa shape index (κ2) is 7.30. The fraction of sp³-hybridized carbons (Fsp3) is 0.938. The monoisotopic (exact) mass is 284 g/mol. The Balaban J connectivity index is 2.29. The minimum absolute atomic E-state index is 0.264. The van der Waals surface area contributed by atoms with Crippen LogP contribution in [0.3, 0.4) is 0 Å². The number of rotatable bonds is 4. The first-order valence-corrected chi connectivity index (χ1v) is 7.90. The van der Waals surface area contributed by atoms with Crippen LogP contribution in [0.4, 0.5) is 4.79 Å². The van der Waals surface area contributed by atoms with Gasteiger partial charge in [-0.1, -0.05) is 20.3 Å². The number of hydrogen-bond donors (Lipinski definition) is 2. The molecule has 1 saturated carbocycles. The van der Waals surface area contributed by atoms with Gasteiger partial charge in [0.1, 0.15) is 5.60 Å².